The smallest absolute Gasteiger partial charge is 0.0589 e. The first-order valence-corrected chi connectivity index (χ1v) is 5.49. The summed E-state index contributed by atoms with van der Waals surface area (Å²) in [6.07, 6.45) is 1.02. The van der Waals surface area contributed by atoms with Crippen molar-refractivity contribution in [2.45, 2.75) is 18.9 Å². The molecule has 0 aliphatic rings. The van der Waals surface area contributed by atoms with Gasteiger partial charge < -0.3 is 0 Å². The van der Waals surface area contributed by atoms with Gasteiger partial charge in [0.2, 0.25) is 0 Å². The molecule has 0 amide bonds. The van der Waals surface area contributed by atoms with Gasteiger partial charge in [-0.05, 0) is 26.1 Å². The largest absolute Gasteiger partial charge is 0.299 e. The van der Waals surface area contributed by atoms with Crippen molar-refractivity contribution < 1.29 is 0 Å². The predicted octanol–water partition coefficient (Wildman–Crippen LogP) is 3.51. The first-order valence-electron chi connectivity index (χ1n) is 4.96. The van der Waals surface area contributed by atoms with E-state index in [1.165, 1.54) is 5.56 Å². The maximum absolute atomic E-state index is 6.11. The molecule has 1 rings (SSSR count). The van der Waals surface area contributed by atoms with Crippen molar-refractivity contribution in [3.05, 3.63) is 35.9 Å². The minimum Gasteiger partial charge on any atom is -0.299 e. The Morgan fingerprint density at radius 2 is 1.73 bits per heavy atom. The Kier molecular flexibility index (Phi) is 6.26. The molecule has 1 aromatic rings. The monoisotopic (exact) mass is 247 g/mol. The van der Waals surface area contributed by atoms with E-state index >= 15 is 0 Å². The van der Waals surface area contributed by atoms with Crippen LogP contribution in [0.4, 0.5) is 0 Å². The third-order valence-electron chi connectivity index (χ3n) is 2.97. The van der Waals surface area contributed by atoms with E-state index in [1.54, 1.807) is 0 Å². The molecule has 3 heteroatoms. The second kappa shape index (κ2) is 6.37. The minimum atomic E-state index is -0.0250. The average Bonchev–Trinajstić information content (AvgIpc) is 2.22. The maximum Gasteiger partial charge on any atom is 0.0589 e. The molecule has 1 unspecified atom stereocenters. The fourth-order valence-corrected chi connectivity index (χ4v) is 2.40. The molecule has 1 atom stereocenters. The quantitative estimate of drug-likeness (QED) is 0.737. The molecule has 0 saturated carbocycles. The van der Waals surface area contributed by atoms with Crippen molar-refractivity contribution in [3.8, 4) is 0 Å². The number of alkyl halides is 1. The summed E-state index contributed by atoms with van der Waals surface area (Å²) < 4.78 is 0. The molecule has 1 nitrogen and oxygen atoms in total. The maximum atomic E-state index is 6.11. The molecule has 86 valence electrons. The van der Waals surface area contributed by atoms with E-state index < -0.39 is 0 Å². The predicted molar refractivity (Wildman–Crippen MR) is 70.1 cm³/mol. The normalized spacial score (nSPS) is 14.5. The molecule has 0 saturated heterocycles. The van der Waals surface area contributed by atoms with Gasteiger partial charge >= 0.3 is 0 Å². The highest BCUT2D eigenvalue weighted by Crippen LogP contribution is 2.31. The van der Waals surface area contributed by atoms with Gasteiger partial charge in [0.15, 0.2) is 0 Å². The fourth-order valence-electron chi connectivity index (χ4n) is 1.82. The first-order chi connectivity index (χ1) is 6.67. The molecule has 0 heterocycles. The second-order valence-electron chi connectivity index (χ2n) is 3.78. The summed E-state index contributed by atoms with van der Waals surface area (Å²) in [5.41, 5.74) is 1.27. The van der Waals surface area contributed by atoms with Crippen LogP contribution in [0.15, 0.2) is 30.3 Å². The fraction of sp³-hybridized carbons (Fsp3) is 0.500. The molecular formula is C12H19Cl2N. The molecule has 0 radical (unpaired) electrons. The molecule has 0 N–H and O–H groups in total. The Morgan fingerprint density at radius 3 is 2.07 bits per heavy atom. The van der Waals surface area contributed by atoms with Gasteiger partial charge in [0.1, 0.15) is 0 Å². The zero-order valence-corrected chi connectivity index (χ0v) is 11.1. The van der Waals surface area contributed by atoms with E-state index in [9.17, 15) is 0 Å². The number of hydrogen-bond acceptors (Lipinski definition) is 1. The van der Waals surface area contributed by atoms with E-state index in [2.05, 4.69) is 50.2 Å². The van der Waals surface area contributed by atoms with Crippen molar-refractivity contribution in [1.82, 2.24) is 4.90 Å². The highest BCUT2D eigenvalue weighted by molar-refractivity contribution is 6.18. The van der Waals surface area contributed by atoms with E-state index in [1.807, 2.05) is 6.07 Å². The van der Waals surface area contributed by atoms with Crippen LogP contribution in [0, 0.1) is 0 Å². The molecule has 0 aliphatic heterocycles. The van der Waals surface area contributed by atoms with Crippen LogP contribution in [0.25, 0.3) is 0 Å². The van der Waals surface area contributed by atoms with Gasteiger partial charge in [-0.1, -0.05) is 37.3 Å². The van der Waals surface area contributed by atoms with Crippen LogP contribution < -0.4 is 0 Å². The van der Waals surface area contributed by atoms with Crippen molar-refractivity contribution >= 4 is 24.0 Å². The lowest BCUT2D eigenvalue weighted by Gasteiger charge is -2.38. The Balaban J connectivity index is 0.00000196. The van der Waals surface area contributed by atoms with Gasteiger partial charge in [-0.15, -0.1) is 24.0 Å². The third kappa shape index (κ3) is 2.87. The summed E-state index contributed by atoms with van der Waals surface area (Å²) in [5.74, 6) is 0.626. The zero-order valence-electron chi connectivity index (χ0n) is 9.53. The van der Waals surface area contributed by atoms with Gasteiger partial charge in [-0.2, -0.15) is 0 Å². The SMILES string of the molecule is CCC(CCl)(c1ccccc1)N(C)C.Cl. The zero-order chi connectivity index (χ0) is 10.6. The molecule has 0 aromatic heterocycles. The number of benzene rings is 1. The van der Waals surface area contributed by atoms with Crippen LogP contribution in [0.3, 0.4) is 0 Å². The number of hydrogen-bond donors (Lipinski definition) is 0. The van der Waals surface area contributed by atoms with Gasteiger partial charge in [0, 0.05) is 5.88 Å². The van der Waals surface area contributed by atoms with Crippen molar-refractivity contribution in [3.63, 3.8) is 0 Å². The summed E-state index contributed by atoms with van der Waals surface area (Å²) in [6, 6.07) is 10.5. The van der Waals surface area contributed by atoms with E-state index in [0.29, 0.717) is 5.88 Å². The molecule has 0 fully saturated rings. The summed E-state index contributed by atoms with van der Waals surface area (Å²) in [4.78, 5) is 2.20. The van der Waals surface area contributed by atoms with Crippen molar-refractivity contribution in [2.75, 3.05) is 20.0 Å². The minimum absolute atomic E-state index is 0. The Hall–Kier alpha value is -0.240. The van der Waals surface area contributed by atoms with Crippen LogP contribution in [0.1, 0.15) is 18.9 Å². The lowest BCUT2D eigenvalue weighted by molar-refractivity contribution is 0.172. The molecule has 1 aromatic carbocycles. The lowest BCUT2D eigenvalue weighted by Crippen LogP contribution is -2.42. The molecule has 0 aliphatic carbocycles. The van der Waals surface area contributed by atoms with E-state index in [0.717, 1.165) is 6.42 Å². The summed E-state index contributed by atoms with van der Waals surface area (Å²) in [5, 5.41) is 0. The van der Waals surface area contributed by atoms with Crippen molar-refractivity contribution in [2.24, 2.45) is 0 Å². The molecular weight excluding hydrogens is 229 g/mol. The average molecular weight is 248 g/mol. The number of rotatable bonds is 4. The lowest BCUT2D eigenvalue weighted by atomic mass is 9.88. The van der Waals surface area contributed by atoms with Gasteiger partial charge in [0.25, 0.3) is 0 Å². The van der Waals surface area contributed by atoms with Crippen LogP contribution in [-0.4, -0.2) is 24.9 Å². The van der Waals surface area contributed by atoms with Gasteiger partial charge in [-0.3, -0.25) is 4.90 Å². The second-order valence-corrected chi connectivity index (χ2v) is 4.05. The third-order valence-corrected chi connectivity index (χ3v) is 3.42. The summed E-state index contributed by atoms with van der Waals surface area (Å²) in [7, 11) is 4.16. The van der Waals surface area contributed by atoms with Gasteiger partial charge in [-0.25, -0.2) is 0 Å². The van der Waals surface area contributed by atoms with Gasteiger partial charge in [0.05, 0.1) is 5.54 Å². The molecule has 0 bridgehead atoms. The highest BCUT2D eigenvalue weighted by atomic mass is 35.5. The Bertz CT molecular complexity index is 268. The van der Waals surface area contributed by atoms with Crippen LogP contribution in [0.2, 0.25) is 0 Å². The number of nitrogens with zero attached hydrogens (tertiary/aromatic N) is 1. The summed E-state index contributed by atoms with van der Waals surface area (Å²) >= 11 is 6.11. The van der Waals surface area contributed by atoms with Crippen molar-refractivity contribution in [1.29, 1.82) is 0 Å². The van der Waals surface area contributed by atoms with Crippen LogP contribution in [-0.2, 0) is 5.54 Å². The topological polar surface area (TPSA) is 3.24 Å². The Labute approximate surface area is 104 Å². The highest BCUT2D eigenvalue weighted by Gasteiger charge is 2.31. The van der Waals surface area contributed by atoms with E-state index in [-0.39, 0.29) is 17.9 Å². The standard InChI is InChI=1S/C12H18ClN.ClH/c1-4-12(10-13,14(2)3)11-8-6-5-7-9-11;/h5-9H,4,10H2,1-3H3;1H. The molecule has 15 heavy (non-hydrogen) atoms. The van der Waals surface area contributed by atoms with Crippen LogP contribution in [0.5, 0.6) is 0 Å². The first kappa shape index (κ1) is 14.8. The molecule has 0 spiro atoms. The summed E-state index contributed by atoms with van der Waals surface area (Å²) in [6.45, 7) is 2.18. The Morgan fingerprint density at radius 1 is 1.20 bits per heavy atom. The van der Waals surface area contributed by atoms with Crippen LogP contribution >= 0.6 is 24.0 Å². The number of halogens is 2. The van der Waals surface area contributed by atoms with E-state index in [4.69, 9.17) is 11.6 Å².